The van der Waals surface area contributed by atoms with Gasteiger partial charge in [0.2, 0.25) is 0 Å². The van der Waals surface area contributed by atoms with Gasteiger partial charge in [0, 0.05) is 6.08 Å². The van der Waals surface area contributed by atoms with E-state index in [0.717, 1.165) is 25.7 Å². The number of rotatable bonds is 10. The van der Waals surface area contributed by atoms with Gasteiger partial charge in [0.25, 0.3) is 0 Å². The smallest absolute Gasteiger partial charge is 0.330 e. The first kappa shape index (κ1) is 19.7. The molecule has 128 valence electrons. The van der Waals surface area contributed by atoms with Crippen molar-refractivity contribution in [3.8, 4) is 0 Å². The maximum Gasteiger partial charge on any atom is 0.330 e. The monoisotopic (exact) mass is 324 g/mol. The van der Waals surface area contributed by atoms with E-state index in [1.807, 2.05) is 25.1 Å². The van der Waals surface area contributed by atoms with E-state index in [2.05, 4.69) is 53.3 Å². The number of allylic oxidation sites excluding steroid dienone is 7. The summed E-state index contributed by atoms with van der Waals surface area (Å²) < 4.78 is 4.59. The number of carbonyl (C=O) groups excluding carboxylic acids is 1. The van der Waals surface area contributed by atoms with Gasteiger partial charge in [0.15, 0.2) is 0 Å². The first-order valence-corrected chi connectivity index (χ1v) is 8.50. The highest BCUT2D eigenvalue weighted by atomic mass is 16.5. The number of esters is 1. The Kier molecular flexibility index (Phi) is 10.8. The second kappa shape index (κ2) is 13.1. The zero-order valence-electron chi connectivity index (χ0n) is 14.7. The Hall–Kier alpha value is -2.35. The van der Waals surface area contributed by atoms with Crippen molar-refractivity contribution < 1.29 is 9.53 Å². The first-order chi connectivity index (χ1) is 11.8. The summed E-state index contributed by atoms with van der Waals surface area (Å²) in [5.74, 6) is 0.137. The molecule has 0 amide bonds. The molecule has 0 N–H and O–H groups in total. The van der Waals surface area contributed by atoms with Gasteiger partial charge in [-0.3, -0.25) is 0 Å². The molecule has 0 radical (unpaired) electrons. The van der Waals surface area contributed by atoms with Crippen LogP contribution >= 0.6 is 0 Å². The lowest BCUT2D eigenvalue weighted by atomic mass is 9.93. The second-order valence-electron chi connectivity index (χ2n) is 5.60. The molecule has 0 saturated carbocycles. The summed E-state index contributed by atoms with van der Waals surface area (Å²) in [4.78, 5) is 11.1. The molecule has 0 bridgehead atoms. The number of hydrogen-bond acceptors (Lipinski definition) is 2. The molecular weight excluding hydrogens is 296 g/mol. The summed E-state index contributed by atoms with van der Waals surface area (Å²) in [6, 6.07) is 10.5. The molecular formula is C22H28O2. The van der Waals surface area contributed by atoms with E-state index in [1.54, 1.807) is 6.08 Å². The summed E-state index contributed by atoms with van der Waals surface area (Å²) in [5, 5.41) is 0. The van der Waals surface area contributed by atoms with Gasteiger partial charge in [-0.1, -0.05) is 72.9 Å². The molecule has 0 heterocycles. The number of carbonyl (C=O) groups is 1. The Morgan fingerprint density at radius 3 is 2.62 bits per heavy atom. The van der Waals surface area contributed by atoms with Crippen molar-refractivity contribution in [2.45, 2.75) is 32.6 Å². The molecule has 1 aromatic carbocycles. The molecule has 0 aromatic heterocycles. The van der Waals surface area contributed by atoms with Crippen LogP contribution in [0.1, 0.15) is 31.7 Å². The zero-order chi connectivity index (χ0) is 17.5. The van der Waals surface area contributed by atoms with Crippen LogP contribution in [0.5, 0.6) is 0 Å². The lowest BCUT2D eigenvalue weighted by Crippen LogP contribution is -2.01. The van der Waals surface area contributed by atoms with Crippen LogP contribution in [-0.4, -0.2) is 13.1 Å². The number of benzene rings is 1. The summed E-state index contributed by atoms with van der Waals surface area (Å²) in [6.45, 7) is 2.02. The van der Waals surface area contributed by atoms with Crippen molar-refractivity contribution in [3.05, 3.63) is 84.5 Å². The van der Waals surface area contributed by atoms with Crippen molar-refractivity contribution in [2.75, 3.05) is 7.11 Å². The SMILES string of the molecule is C/C=C/C=C/CCCC(/C=C/C=C/C(=O)OC)Cc1ccccc1. The Balaban J connectivity index is 2.56. The number of unbranched alkanes of at least 4 members (excludes halogenated alkanes) is 1. The summed E-state index contributed by atoms with van der Waals surface area (Å²) in [7, 11) is 1.38. The highest BCUT2D eigenvalue weighted by Gasteiger charge is 2.05. The topological polar surface area (TPSA) is 26.3 Å². The van der Waals surface area contributed by atoms with Gasteiger partial charge >= 0.3 is 5.97 Å². The molecule has 0 aliphatic heterocycles. The van der Waals surface area contributed by atoms with Gasteiger partial charge in [-0.2, -0.15) is 0 Å². The fourth-order valence-electron chi connectivity index (χ4n) is 2.39. The first-order valence-electron chi connectivity index (χ1n) is 8.50. The van der Waals surface area contributed by atoms with Crippen molar-refractivity contribution in [3.63, 3.8) is 0 Å². The largest absolute Gasteiger partial charge is 0.466 e. The lowest BCUT2D eigenvalue weighted by molar-refractivity contribution is -0.134. The quantitative estimate of drug-likeness (QED) is 0.248. The highest BCUT2D eigenvalue weighted by Crippen LogP contribution is 2.17. The van der Waals surface area contributed by atoms with Gasteiger partial charge in [-0.15, -0.1) is 0 Å². The minimum absolute atomic E-state index is 0.326. The fourth-order valence-corrected chi connectivity index (χ4v) is 2.39. The van der Waals surface area contributed by atoms with Crippen molar-refractivity contribution >= 4 is 5.97 Å². The Morgan fingerprint density at radius 1 is 1.12 bits per heavy atom. The molecule has 2 nitrogen and oxygen atoms in total. The summed E-state index contributed by atoms with van der Waals surface area (Å²) in [5.41, 5.74) is 1.34. The predicted octanol–water partition coefficient (Wildman–Crippen LogP) is 5.43. The van der Waals surface area contributed by atoms with Crippen LogP contribution in [0, 0.1) is 5.92 Å². The minimum atomic E-state index is -0.326. The number of hydrogen-bond donors (Lipinski definition) is 0. The molecule has 1 unspecified atom stereocenters. The van der Waals surface area contributed by atoms with Crippen molar-refractivity contribution in [1.29, 1.82) is 0 Å². The van der Waals surface area contributed by atoms with E-state index in [1.165, 1.54) is 18.7 Å². The molecule has 1 rings (SSSR count). The third-order valence-electron chi connectivity index (χ3n) is 3.65. The molecule has 0 aliphatic rings. The van der Waals surface area contributed by atoms with Crippen LogP contribution in [-0.2, 0) is 16.0 Å². The van der Waals surface area contributed by atoms with E-state index in [0.29, 0.717) is 5.92 Å². The van der Waals surface area contributed by atoms with Crippen LogP contribution in [0.3, 0.4) is 0 Å². The van der Waals surface area contributed by atoms with Crippen LogP contribution in [0.2, 0.25) is 0 Å². The minimum Gasteiger partial charge on any atom is -0.466 e. The Bertz CT molecular complexity index is 565. The van der Waals surface area contributed by atoms with E-state index in [-0.39, 0.29) is 5.97 Å². The zero-order valence-corrected chi connectivity index (χ0v) is 14.7. The third-order valence-corrected chi connectivity index (χ3v) is 3.65. The van der Waals surface area contributed by atoms with Crippen LogP contribution < -0.4 is 0 Å². The van der Waals surface area contributed by atoms with E-state index >= 15 is 0 Å². The average Bonchev–Trinajstić information content (AvgIpc) is 2.61. The number of ether oxygens (including phenoxy) is 1. The van der Waals surface area contributed by atoms with Crippen molar-refractivity contribution in [1.82, 2.24) is 0 Å². The fraction of sp³-hybridized carbons (Fsp3) is 0.318. The van der Waals surface area contributed by atoms with Crippen LogP contribution in [0.4, 0.5) is 0 Å². The van der Waals surface area contributed by atoms with Crippen molar-refractivity contribution in [2.24, 2.45) is 5.92 Å². The van der Waals surface area contributed by atoms with Gasteiger partial charge in [0.05, 0.1) is 7.11 Å². The van der Waals surface area contributed by atoms with Gasteiger partial charge in [-0.05, 0) is 44.1 Å². The molecule has 0 spiro atoms. The normalized spacial score (nSPS) is 13.4. The van der Waals surface area contributed by atoms with Crippen LogP contribution in [0.25, 0.3) is 0 Å². The third kappa shape index (κ3) is 9.62. The van der Waals surface area contributed by atoms with Gasteiger partial charge in [0.1, 0.15) is 0 Å². The molecule has 0 aliphatic carbocycles. The Labute approximate surface area is 146 Å². The molecule has 1 atom stereocenters. The molecule has 0 fully saturated rings. The maximum atomic E-state index is 11.1. The lowest BCUT2D eigenvalue weighted by Gasteiger charge is -2.12. The number of methoxy groups -OCH3 is 1. The van der Waals surface area contributed by atoms with Crippen LogP contribution in [0.15, 0.2) is 78.9 Å². The average molecular weight is 324 g/mol. The molecule has 2 heteroatoms. The van der Waals surface area contributed by atoms with E-state index < -0.39 is 0 Å². The summed E-state index contributed by atoms with van der Waals surface area (Å²) in [6.07, 6.45) is 20.1. The van der Waals surface area contributed by atoms with Gasteiger partial charge < -0.3 is 4.74 Å². The highest BCUT2D eigenvalue weighted by molar-refractivity contribution is 5.82. The van der Waals surface area contributed by atoms with E-state index in [4.69, 9.17) is 0 Å². The molecule has 0 saturated heterocycles. The Morgan fingerprint density at radius 2 is 1.92 bits per heavy atom. The second-order valence-corrected chi connectivity index (χ2v) is 5.60. The maximum absolute atomic E-state index is 11.1. The predicted molar refractivity (Wildman–Crippen MR) is 102 cm³/mol. The standard InChI is InChI=1S/C22H28O2/c1-3-4-5-6-7-9-14-21(17-12-13-18-22(23)24-2)19-20-15-10-8-11-16-20/h3-6,8,10-13,15-18,21H,7,9,14,19H2,1-2H3/b4-3+,6-5+,17-12+,18-13+. The summed E-state index contributed by atoms with van der Waals surface area (Å²) >= 11 is 0. The van der Waals surface area contributed by atoms with Gasteiger partial charge in [-0.25, -0.2) is 4.79 Å². The molecule has 1 aromatic rings. The molecule has 24 heavy (non-hydrogen) atoms. The van der Waals surface area contributed by atoms with E-state index in [9.17, 15) is 4.79 Å².